The highest BCUT2D eigenvalue weighted by molar-refractivity contribution is 5.92. The molecule has 1 aromatic heterocycles. The van der Waals surface area contributed by atoms with Crippen molar-refractivity contribution < 1.29 is 18.1 Å². The molecule has 3 aromatic rings. The molecule has 1 N–H and O–H groups in total. The molecule has 3 rings (SSSR count). The second-order valence-corrected chi connectivity index (χ2v) is 5.58. The van der Waals surface area contributed by atoms with Gasteiger partial charge in [0.05, 0.1) is 17.7 Å². The largest absolute Gasteiger partial charge is 0.356 e. The number of carbonyl (C=O) groups is 1. The predicted molar refractivity (Wildman–Crippen MR) is 90.0 cm³/mol. The quantitative estimate of drug-likeness (QED) is 0.749. The number of aromatic nitrogens is 1. The van der Waals surface area contributed by atoms with Crippen molar-refractivity contribution in [1.82, 2.24) is 5.16 Å². The molecule has 0 fully saturated rings. The van der Waals surface area contributed by atoms with Gasteiger partial charge in [0.2, 0.25) is 5.91 Å². The highest BCUT2D eigenvalue weighted by atomic mass is 19.1. The number of benzene rings is 2. The zero-order valence-electron chi connectivity index (χ0n) is 13.6. The van der Waals surface area contributed by atoms with Crippen LogP contribution in [-0.2, 0) is 17.6 Å². The molecule has 2 aromatic carbocycles. The van der Waals surface area contributed by atoms with Crippen molar-refractivity contribution >= 4 is 11.6 Å². The first kappa shape index (κ1) is 16.8. The molecule has 0 aliphatic heterocycles. The standard InChI is InChI=1S/C19H16F2N2O2/c1-2-12-3-6-14(7-4-12)22-19(24)11-15-10-18(25-23-15)16-8-5-13(20)9-17(16)21/h3-10H,2,11H2,1H3,(H,22,24). The summed E-state index contributed by atoms with van der Waals surface area (Å²) < 4.78 is 31.8. The second kappa shape index (κ2) is 7.25. The van der Waals surface area contributed by atoms with Crippen LogP contribution in [0.4, 0.5) is 14.5 Å². The first-order valence-electron chi connectivity index (χ1n) is 7.85. The smallest absolute Gasteiger partial charge is 0.230 e. The van der Waals surface area contributed by atoms with E-state index in [1.54, 1.807) is 0 Å². The van der Waals surface area contributed by atoms with E-state index in [-0.39, 0.29) is 23.7 Å². The number of halogens is 2. The third-order valence-corrected chi connectivity index (χ3v) is 3.74. The lowest BCUT2D eigenvalue weighted by molar-refractivity contribution is -0.115. The Labute approximate surface area is 143 Å². The van der Waals surface area contributed by atoms with Crippen LogP contribution in [0.1, 0.15) is 18.2 Å². The molecule has 6 heteroatoms. The molecule has 0 aliphatic carbocycles. The second-order valence-electron chi connectivity index (χ2n) is 5.58. The van der Waals surface area contributed by atoms with Crippen molar-refractivity contribution in [3.63, 3.8) is 0 Å². The number of nitrogens with one attached hydrogen (secondary N) is 1. The molecule has 0 unspecified atom stereocenters. The average molecular weight is 342 g/mol. The van der Waals surface area contributed by atoms with Crippen LogP contribution in [0.2, 0.25) is 0 Å². The van der Waals surface area contributed by atoms with Crippen molar-refractivity contribution in [1.29, 1.82) is 0 Å². The minimum Gasteiger partial charge on any atom is -0.356 e. The SMILES string of the molecule is CCc1ccc(NC(=O)Cc2cc(-c3ccc(F)cc3F)on2)cc1. The lowest BCUT2D eigenvalue weighted by Gasteiger charge is -2.04. The fourth-order valence-electron chi connectivity index (χ4n) is 2.40. The molecule has 0 bridgehead atoms. The van der Waals surface area contributed by atoms with Crippen LogP contribution in [0.15, 0.2) is 53.1 Å². The zero-order valence-corrected chi connectivity index (χ0v) is 13.6. The van der Waals surface area contributed by atoms with Gasteiger partial charge in [0.15, 0.2) is 5.76 Å². The summed E-state index contributed by atoms with van der Waals surface area (Å²) in [5.74, 6) is -1.53. The molecule has 0 atom stereocenters. The van der Waals surface area contributed by atoms with Gasteiger partial charge >= 0.3 is 0 Å². The van der Waals surface area contributed by atoms with E-state index in [0.717, 1.165) is 18.6 Å². The summed E-state index contributed by atoms with van der Waals surface area (Å²) in [5, 5.41) is 6.53. The molecular formula is C19H16F2N2O2. The highest BCUT2D eigenvalue weighted by Gasteiger charge is 2.14. The van der Waals surface area contributed by atoms with Crippen LogP contribution < -0.4 is 5.32 Å². The number of aryl methyl sites for hydroxylation is 1. The molecule has 0 saturated heterocycles. The lowest BCUT2D eigenvalue weighted by atomic mass is 10.1. The number of nitrogens with zero attached hydrogens (tertiary/aromatic N) is 1. The molecule has 128 valence electrons. The average Bonchev–Trinajstić information content (AvgIpc) is 3.03. The molecular weight excluding hydrogens is 326 g/mol. The highest BCUT2D eigenvalue weighted by Crippen LogP contribution is 2.24. The lowest BCUT2D eigenvalue weighted by Crippen LogP contribution is -2.14. The first-order valence-corrected chi connectivity index (χ1v) is 7.85. The van der Waals surface area contributed by atoms with Crippen LogP contribution in [-0.4, -0.2) is 11.1 Å². The van der Waals surface area contributed by atoms with Gasteiger partial charge in [-0.2, -0.15) is 0 Å². The summed E-state index contributed by atoms with van der Waals surface area (Å²) in [6.07, 6.45) is 0.914. The zero-order chi connectivity index (χ0) is 17.8. The van der Waals surface area contributed by atoms with Gasteiger partial charge in [-0.25, -0.2) is 8.78 Å². The van der Waals surface area contributed by atoms with E-state index in [4.69, 9.17) is 4.52 Å². The number of amides is 1. The van der Waals surface area contributed by atoms with E-state index >= 15 is 0 Å². The molecule has 4 nitrogen and oxygen atoms in total. The normalized spacial score (nSPS) is 10.7. The van der Waals surface area contributed by atoms with Crippen molar-refractivity contribution in [2.75, 3.05) is 5.32 Å². The summed E-state index contributed by atoms with van der Waals surface area (Å²) in [7, 11) is 0. The maximum absolute atomic E-state index is 13.8. The summed E-state index contributed by atoms with van der Waals surface area (Å²) >= 11 is 0. The number of anilines is 1. The van der Waals surface area contributed by atoms with E-state index in [0.29, 0.717) is 11.4 Å². The Kier molecular flexibility index (Phi) is 4.88. The Bertz CT molecular complexity index is 889. The van der Waals surface area contributed by atoms with E-state index in [1.165, 1.54) is 17.7 Å². The summed E-state index contributed by atoms with van der Waals surface area (Å²) in [5.41, 5.74) is 2.33. The van der Waals surface area contributed by atoms with Crippen molar-refractivity contribution in [2.45, 2.75) is 19.8 Å². The molecule has 1 amide bonds. The number of hydrogen-bond acceptors (Lipinski definition) is 3. The third kappa shape index (κ3) is 4.09. The van der Waals surface area contributed by atoms with Crippen molar-refractivity contribution in [3.8, 4) is 11.3 Å². The molecule has 0 radical (unpaired) electrons. The van der Waals surface area contributed by atoms with E-state index < -0.39 is 11.6 Å². The van der Waals surface area contributed by atoms with Crippen LogP contribution in [0.5, 0.6) is 0 Å². The first-order chi connectivity index (χ1) is 12.0. The third-order valence-electron chi connectivity index (χ3n) is 3.74. The van der Waals surface area contributed by atoms with Crippen LogP contribution in [0, 0.1) is 11.6 Å². The molecule has 0 aliphatic rings. The van der Waals surface area contributed by atoms with Gasteiger partial charge in [-0.1, -0.05) is 24.2 Å². The Hall–Kier alpha value is -3.02. The van der Waals surface area contributed by atoms with Gasteiger partial charge in [-0.15, -0.1) is 0 Å². The summed E-state index contributed by atoms with van der Waals surface area (Å²) in [4.78, 5) is 12.1. The summed E-state index contributed by atoms with van der Waals surface area (Å²) in [6.45, 7) is 2.06. The molecule has 1 heterocycles. The van der Waals surface area contributed by atoms with Gasteiger partial charge in [0.25, 0.3) is 0 Å². The Morgan fingerprint density at radius 2 is 1.88 bits per heavy atom. The van der Waals surface area contributed by atoms with Crippen LogP contribution in [0.3, 0.4) is 0 Å². The van der Waals surface area contributed by atoms with Crippen molar-refractivity contribution in [3.05, 3.63) is 71.4 Å². The van der Waals surface area contributed by atoms with Crippen LogP contribution in [0.25, 0.3) is 11.3 Å². The number of carbonyl (C=O) groups excluding carboxylic acids is 1. The topological polar surface area (TPSA) is 55.1 Å². The fraction of sp³-hybridized carbons (Fsp3) is 0.158. The molecule has 25 heavy (non-hydrogen) atoms. The summed E-state index contributed by atoms with van der Waals surface area (Å²) in [6, 6.07) is 12.2. The number of hydrogen-bond donors (Lipinski definition) is 1. The fourth-order valence-corrected chi connectivity index (χ4v) is 2.40. The van der Waals surface area contributed by atoms with E-state index in [2.05, 4.69) is 17.4 Å². The van der Waals surface area contributed by atoms with Gasteiger partial charge in [0.1, 0.15) is 11.6 Å². The number of rotatable bonds is 5. The predicted octanol–water partition coefficient (Wildman–Crippen LogP) is 4.36. The Morgan fingerprint density at radius 3 is 2.56 bits per heavy atom. The molecule has 0 saturated carbocycles. The molecule has 0 spiro atoms. The monoisotopic (exact) mass is 342 g/mol. The Morgan fingerprint density at radius 1 is 1.12 bits per heavy atom. The van der Waals surface area contributed by atoms with Gasteiger partial charge < -0.3 is 9.84 Å². The Balaban J connectivity index is 1.67. The van der Waals surface area contributed by atoms with Crippen LogP contribution >= 0.6 is 0 Å². The minimum absolute atomic E-state index is 0.0121. The van der Waals surface area contributed by atoms with Gasteiger partial charge in [-0.3, -0.25) is 4.79 Å². The van der Waals surface area contributed by atoms with E-state index in [1.807, 2.05) is 24.3 Å². The maximum Gasteiger partial charge on any atom is 0.230 e. The maximum atomic E-state index is 13.8. The minimum atomic E-state index is -0.747. The van der Waals surface area contributed by atoms with Gasteiger partial charge in [-0.05, 0) is 36.2 Å². The van der Waals surface area contributed by atoms with Gasteiger partial charge in [0, 0.05) is 17.8 Å². The van der Waals surface area contributed by atoms with Crippen molar-refractivity contribution in [2.24, 2.45) is 0 Å². The van der Waals surface area contributed by atoms with E-state index in [9.17, 15) is 13.6 Å².